The van der Waals surface area contributed by atoms with Gasteiger partial charge >= 0.3 is 0 Å². The number of hydrogen-bond acceptors (Lipinski definition) is 3. The molecule has 2 aliphatic rings. The molecule has 0 radical (unpaired) electrons. The summed E-state index contributed by atoms with van der Waals surface area (Å²) in [4.78, 5) is 14.8. The predicted molar refractivity (Wildman–Crippen MR) is 84.8 cm³/mol. The second-order valence-electron chi connectivity index (χ2n) is 6.45. The smallest absolute Gasteiger partial charge is 0.274 e. The highest BCUT2D eigenvalue weighted by molar-refractivity contribution is 5.94. The van der Waals surface area contributed by atoms with E-state index in [0.717, 1.165) is 56.7 Å². The SMILES string of the molecule is CCC1(C)CCCN(C(=O)c2n[nH]c3c2CNCC3)C1.Cl. The summed E-state index contributed by atoms with van der Waals surface area (Å²) in [6.45, 7) is 7.94. The van der Waals surface area contributed by atoms with Crippen LogP contribution in [0.25, 0.3) is 0 Å². The van der Waals surface area contributed by atoms with Crippen molar-refractivity contribution >= 4 is 18.3 Å². The number of rotatable bonds is 2. The Hall–Kier alpha value is -1.07. The van der Waals surface area contributed by atoms with Crippen LogP contribution < -0.4 is 5.32 Å². The van der Waals surface area contributed by atoms with Gasteiger partial charge in [-0.3, -0.25) is 9.89 Å². The van der Waals surface area contributed by atoms with Crippen molar-refractivity contribution in [3.63, 3.8) is 0 Å². The van der Waals surface area contributed by atoms with Gasteiger partial charge in [-0.05, 0) is 24.7 Å². The van der Waals surface area contributed by atoms with E-state index in [1.54, 1.807) is 0 Å². The number of H-pyrrole nitrogens is 1. The number of halogens is 1. The van der Waals surface area contributed by atoms with Crippen molar-refractivity contribution in [3.8, 4) is 0 Å². The molecule has 1 saturated heterocycles. The first-order valence-electron chi connectivity index (χ1n) is 7.69. The van der Waals surface area contributed by atoms with Crippen LogP contribution in [0.3, 0.4) is 0 Å². The maximum absolute atomic E-state index is 12.8. The van der Waals surface area contributed by atoms with Crippen molar-refractivity contribution < 1.29 is 4.79 Å². The van der Waals surface area contributed by atoms with Gasteiger partial charge in [0.25, 0.3) is 5.91 Å². The Bertz CT molecular complexity index is 516. The molecule has 2 aliphatic heterocycles. The fourth-order valence-corrected chi connectivity index (χ4v) is 3.33. The lowest BCUT2D eigenvalue weighted by Gasteiger charge is -2.39. The Morgan fingerprint density at radius 2 is 2.29 bits per heavy atom. The van der Waals surface area contributed by atoms with Crippen molar-refractivity contribution in [2.75, 3.05) is 19.6 Å². The number of hydrogen-bond donors (Lipinski definition) is 2. The minimum Gasteiger partial charge on any atom is -0.337 e. The van der Waals surface area contributed by atoms with Crippen LogP contribution in [0.1, 0.15) is 54.9 Å². The fraction of sp³-hybridized carbons (Fsp3) is 0.733. The molecular formula is C15H25ClN4O. The second-order valence-corrected chi connectivity index (χ2v) is 6.45. The molecule has 3 rings (SSSR count). The van der Waals surface area contributed by atoms with Crippen LogP contribution in [0.15, 0.2) is 0 Å². The van der Waals surface area contributed by atoms with Crippen molar-refractivity contribution in [1.82, 2.24) is 20.4 Å². The second kappa shape index (κ2) is 6.36. The van der Waals surface area contributed by atoms with E-state index in [1.807, 2.05) is 4.90 Å². The minimum atomic E-state index is 0. The summed E-state index contributed by atoms with van der Waals surface area (Å²) >= 11 is 0. The zero-order chi connectivity index (χ0) is 14.2. The van der Waals surface area contributed by atoms with Gasteiger partial charge < -0.3 is 10.2 Å². The van der Waals surface area contributed by atoms with Crippen LogP contribution in [-0.4, -0.2) is 40.6 Å². The minimum absolute atomic E-state index is 0. The highest BCUT2D eigenvalue weighted by atomic mass is 35.5. The van der Waals surface area contributed by atoms with Crippen LogP contribution >= 0.6 is 12.4 Å². The molecule has 0 spiro atoms. The average molecular weight is 313 g/mol. The van der Waals surface area contributed by atoms with Crippen molar-refractivity contribution in [2.45, 2.75) is 46.1 Å². The van der Waals surface area contributed by atoms with E-state index in [9.17, 15) is 4.79 Å². The number of aromatic amines is 1. The van der Waals surface area contributed by atoms with Crippen LogP contribution in [0.5, 0.6) is 0 Å². The summed E-state index contributed by atoms with van der Waals surface area (Å²) in [6.07, 6.45) is 4.37. The molecule has 21 heavy (non-hydrogen) atoms. The van der Waals surface area contributed by atoms with E-state index in [2.05, 4.69) is 29.4 Å². The van der Waals surface area contributed by atoms with E-state index < -0.39 is 0 Å². The van der Waals surface area contributed by atoms with Gasteiger partial charge in [0.15, 0.2) is 5.69 Å². The maximum atomic E-state index is 12.8. The highest BCUT2D eigenvalue weighted by Gasteiger charge is 2.34. The Morgan fingerprint density at radius 3 is 3.05 bits per heavy atom. The number of carbonyl (C=O) groups is 1. The van der Waals surface area contributed by atoms with Crippen LogP contribution in [0.4, 0.5) is 0 Å². The molecule has 0 aromatic carbocycles. The Morgan fingerprint density at radius 1 is 1.48 bits per heavy atom. The van der Waals surface area contributed by atoms with Gasteiger partial charge in [-0.15, -0.1) is 12.4 Å². The molecule has 1 fully saturated rings. The van der Waals surface area contributed by atoms with Crippen LogP contribution in [0.2, 0.25) is 0 Å². The molecule has 1 aromatic heterocycles. The number of carbonyl (C=O) groups excluding carboxylic acids is 1. The third-order valence-corrected chi connectivity index (χ3v) is 4.93. The molecule has 1 amide bonds. The molecule has 0 aliphatic carbocycles. The van der Waals surface area contributed by atoms with Crippen molar-refractivity contribution in [3.05, 3.63) is 17.0 Å². The first-order chi connectivity index (χ1) is 9.63. The van der Waals surface area contributed by atoms with Gasteiger partial charge in [0.1, 0.15) is 0 Å². The maximum Gasteiger partial charge on any atom is 0.274 e. The van der Waals surface area contributed by atoms with E-state index in [1.165, 1.54) is 6.42 Å². The van der Waals surface area contributed by atoms with Gasteiger partial charge in [-0.2, -0.15) is 5.10 Å². The zero-order valence-electron chi connectivity index (χ0n) is 12.9. The summed E-state index contributed by atoms with van der Waals surface area (Å²) in [7, 11) is 0. The molecule has 2 N–H and O–H groups in total. The molecule has 1 unspecified atom stereocenters. The molecule has 3 heterocycles. The molecule has 118 valence electrons. The van der Waals surface area contributed by atoms with Gasteiger partial charge in [0.05, 0.1) is 0 Å². The van der Waals surface area contributed by atoms with E-state index >= 15 is 0 Å². The van der Waals surface area contributed by atoms with Crippen molar-refractivity contribution in [2.24, 2.45) is 5.41 Å². The number of nitrogens with zero attached hydrogens (tertiary/aromatic N) is 2. The monoisotopic (exact) mass is 312 g/mol. The van der Waals surface area contributed by atoms with E-state index in [4.69, 9.17) is 0 Å². The third-order valence-electron chi connectivity index (χ3n) is 4.93. The quantitative estimate of drug-likeness (QED) is 0.879. The van der Waals surface area contributed by atoms with Crippen molar-refractivity contribution in [1.29, 1.82) is 0 Å². The number of aromatic nitrogens is 2. The van der Waals surface area contributed by atoms with E-state index in [-0.39, 0.29) is 23.7 Å². The molecule has 0 saturated carbocycles. The number of likely N-dealkylation sites (tertiary alicyclic amines) is 1. The Kier molecular flexibility index (Phi) is 4.94. The lowest BCUT2D eigenvalue weighted by molar-refractivity contribution is 0.0536. The summed E-state index contributed by atoms with van der Waals surface area (Å²) in [6, 6.07) is 0. The van der Waals surface area contributed by atoms with Gasteiger partial charge in [-0.1, -0.05) is 13.8 Å². The van der Waals surface area contributed by atoms with Crippen LogP contribution in [0, 0.1) is 5.41 Å². The largest absolute Gasteiger partial charge is 0.337 e. The standard InChI is InChI=1S/C15H24N4O.ClH/c1-3-15(2)6-4-8-19(10-15)14(20)13-11-9-16-7-5-12(11)17-18-13;/h16H,3-10H2,1-2H3,(H,17,18);1H. The molecule has 0 bridgehead atoms. The van der Waals surface area contributed by atoms with Crippen LogP contribution in [-0.2, 0) is 13.0 Å². The summed E-state index contributed by atoms with van der Waals surface area (Å²) < 4.78 is 0. The number of fused-ring (bicyclic) bond motifs is 1. The third kappa shape index (κ3) is 3.09. The average Bonchev–Trinajstić information content (AvgIpc) is 2.90. The lowest BCUT2D eigenvalue weighted by atomic mass is 9.79. The number of amides is 1. The number of piperidine rings is 1. The first-order valence-corrected chi connectivity index (χ1v) is 7.69. The Balaban J connectivity index is 0.00000161. The van der Waals surface area contributed by atoms with Gasteiger partial charge in [0.2, 0.25) is 0 Å². The summed E-state index contributed by atoms with van der Waals surface area (Å²) in [5.74, 6) is 0.102. The molecule has 1 aromatic rings. The van der Waals surface area contributed by atoms with Gasteiger partial charge in [-0.25, -0.2) is 0 Å². The van der Waals surface area contributed by atoms with Gasteiger partial charge in [0, 0.05) is 43.9 Å². The number of nitrogens with one attached hydrogen (secondary N) is 2. The predicted octanol–water partition coefficient (Wildman–Crippen LogP) is 2.13. The van der Waals surface area contributed by atoms with E-state index in [0.29, 0.717) is 5.69 Å². The Labute approximate surface area is 132 Å². The topological polar surface area (TPSA) is 61.0 Å². The normalized spacial score (nSPS) is 25.1. The molecule has 6 heteroatoms. The highest BCUT2D eigenvalue weighted by Crippen LogP contribution is 2.33. The fourth-order valence-electron chi connectivity index (χ4n) is 3.33. The zero-order valence-corrected chi connectivity index (χ0v) is 13.7. The molecular weight excluding hydrogens is 288 g/mol. The molecule has 1 atom stereocenters. The summed E-state index contributed by atoms with van der Waals surface area (Å²) in [5, 5.41) is 10.7. The lowest BCUT2D eigenvalue weighted by Crippen LogP contribution is -2.45. The summed E-state index contributed by atoms with van der Waals surface area (Å²) in [5.41, 5.74) is 3.10. The first kappa shape index (κ1) is 16.3. The molecule has 5 nitrogen and oxygen atoms in total.